The molecule has 6 nitrogen and oxygen atoms in total. The van der Waals surface area contributed by atoms with Crippen LogP contribution in [0.15, 0.2) is 0 Å². The van der Waals surface area contributed by atoms with Gasteiger partial charge in [-0.25, -0.2) is 0 Å². The minimum absolute atomic E-state index is 0. The predicted octanol–water partition coefficient (Wildman–Crippen LogP) is -0.534. The number of hydrogen-bond donors (Lipinski definition) is 2. The van der Waals surface area contributed by atoms with Gasteiger partial charge in [0.15, 0.2) is 0 Å². The van der Waals surface area contributed by atoms with Gasteiger partial charge in [-0.3, -0.25) is 9.59 Å². The quantitative estimate of drug-likeness (QED) is 0.654. The van der Waals surface area contributed by atoms with Crippen LogP contribution in [-0.4, -0.2) is 50.8 Å². The van der Waals surface area contributed by atoms with Crippen LogP contribution in [0.4, 0.5) is 0 Å². The standard InChI is InChI=1S/C10H18N2O4.ClH/c1-2-16-10(14)6-12-9(13)5-8-7-15-4-3-11-8;/h8,11H,2-7H2,1H3,(H,12,13);1H. The second-order valence-corrected chi connectivity index (χ2v) is 3.51. The average molecular weight is 267 g/mol. The molecular formula is C10H19ClN2O4. The molecule has 0 bridgehead atoms. The average Bonchev–Trinajstić information content (AvgIpc) is 2.28. The number of morpholine rings is 1. The third-order valence-electron chi connectivity index (χ3n) is 2.17. The Bertz CT molecular complexity index is 244. The Kier molecular flexibility index (Phi) is 8.75. The smallest absolute Gasteiger partial charge is 0.325 e. The van der Waals surface area contributed by atoms with Crippen molar-refractivity contribution in [1.82, 2.24) is 10.6 Å². The van der Waals surface area contributed by atoms with Crippen LogP contribution in [-0.2, 0) is 19.1 Å². The normalized spacial score (nSPS) is 19.0. The topological polar surface area (TPSA) is 76.7 Å². The van der Waals surface area contributed by atoms with E-state index >= 15 is 0 Å². The van der Waals surface area contributed by atoms with Gasteiger partial charge in [-0.1, -0.05) is 0 Å². The van der Waals surface area contributed by atoms with Gasteiger partial charge in [0.25, 0.3) is 0 Å². The van der Waals surface area contributed by atoms with E-state index in [1.807, 2.05) is 0 Å². The Hall–Kier alpha value is -0.850. The van der Waals surface area contributed by atoms with E-state index < -0.39 is 5.97 Å². The van der Waals surface area contributed by atoms with Gasteiger partial charge in [0, 0.05) is 19.0 Å². The first-order chi connectivity index (χ1) is 7.72. The highest BCUT2D eigenvalue weighted by Crippen LogP contribution is 1.97. The van der Waals surface area contributed by atoms with Crippen LogP contribution in [0.5, 0.6) is 0 Å². The molecule has 100 valence electrons. The van der Waals surface area contributed by atoms with Crippen LogP contribution in [0.25, 0.3) is 0 Å². The van der Waals surface area contributed by atoms with Crippen molar-refractivity contribution in [2.24, 2.45) is 0 Å². The molecule has 17 heavy (non-hydrogen) atoms. The fraction of sp³-hybridized carbons (Fsp3) is 0.800. The summed E-state index contributed by atoms with van der Waals surface area (Å²) in [7, 11) is 0. The second kappa shape index (κ2) is 9.21. The summed E-state index contributed by atoms with van der Waals surface area (Å²) in [6.07, 6.45) is 0.319. The summed E-state index contributed by atoms with van der Waals surface area (Å²) >= 11 is 0. The molecule has 1 unspecified atom stereocenters. The van der Waals surface area contributed by atoms with Crippen LogP contribution in [0.2, 0.25) is 0 Å². The fourth-order valence-corrected chi connectivity index (χ4v) is 1.43. The zero-order valence-corrected chi connectivity index (χ0v) is 10.7. The second-order valence-electron chi connectivity index (χ2n) is 3.51. The Balaban J connectivity index is 0.00000256. The number of carbonyl (C=O) groups excluding carboxylic acids is 2. The minimum atomic E-state index is -0.413. The molecule has 1 atom stereocenters. The van der Waals surface area contributed by atoms with E-state index in [1.165, 1.54) is 0 Å². The van der Waals surface area contributed by atoms with Crippen LogP contribution in [0.1, 0.15) is 13.3 Å². The maximum absolute atomic E-state index is 11.4. The first-order valence-electron chi connectivity index (χ1n) is 5.45. The zero-order chi connectivity index (χ0) is 11.8. The Morgan fingerprint density at radius 3 is 2.88 bits per heavy atom. The number of esters is 1. The first-order valence-corrected chi connectivity index (χ1v) is 5.45. The largest absolute Gasteiger partial charge is 0.465 e. The lowest BCUT2D eigenvalue weighted by molar-refractivity contribution is -0.143. The van der Waals surface area contributed by atoms with Gasteiger partial charge in [0.05, 0.1) is 19.8 Å². The van der Waals surface area contributed by atoms with E-state index in [1.54, 1.807) is 6.92 Å². The number of carbonyl (C=O) groups is 2. The van der Waals surface area contributed by atoms with Gasteiger partial charge in [0.2, 0.25) is 5.91 Å². The third-order valence-corrected chi connectivity index (χ3v) is 2.17. The van der Waals surface area contributed by atoms with Crippen LogP contribution in [0.3, 0.4) is 0 Å². The van der Waals surface area contributed by atoms with Crippen molar-refractivity contribution < 1.29 is 19.1 Å². The highest BCUT2D eigenvalue weighted by atomic mass is 35.5. The molecule has 0 spiro atoms. The number of rotatable bonds is 5. The maximum atomic E-state index is 11.4. The molecule has 1 heterocycles. The zero-order valence-electron chi connectivity index (χ0n) is 9.86. The summed E-state index contributed by atoms with van der Waals surface area (Å²) in [5.41, 5.74) is 0. The Morgan fingerprint density at radius 1 is 1.53 bits per heavy atom. The lowest BCUT2D eigenvalue weighted by atomic mass is 10.2. The highest BCUT2D eigenvalue weighted by Gasteiger charge is 2.17. The van der Waals surface area contributed by atoms with Crippen molar-refractivity contribution in [2.45, 2.75) is 19.4 Å². The van der Waals surface area contributed by atoms with Crippen molar-refractivity contribution in [3.8, 4) is 0 Å². The van der Waals surface area contributed by atoms with Crippen molar-refractivity contribution in [2.75, 3.05) is 32.9 Å². The molecule has 1 saturated heterocycles. The number of nitrogens with one attached hydrogen (secondary N) is 2. The lowest BCUT2D eigenvalue weighted by Gasteiger charge is -2.23. The van der Waals surface area contributed by atoms with E-state index in [9.17, 15) is 9.59 Å². The van der Waals surface area contributed by atoms with Crippen LogP contribution < -0.4 is 10.6 Å². The highest BCUT2D eigenvalue weighted by molar-refractivity contribution is 5.85. The first kappa shape index (κ1) is 16.1. The summed E-state index contributed by atoms with van der Waals surface area (Å²) < 4.78 is 9.90. The molecule has 1 fully saturated rings. The van der Waals surface area contributed by atoms with E-state index in [0.29, 0.717) is 26.2 Å². The molecule has 1 amide bonds. The van der Waals surface area contributed by atoms with Gasteiger partial charge in [-0.15, -0.1) is 12.4 Å². The van der Waals surface area contributed by atoms with E-state index in [2.05, 4.69) is 15.4 Å². The molecular weight excluding hydrogens is 248 g/mol. The lowest BCUT2D eigenvalue weighted by Crippen LogP contribution is -2.44. The summed E-state index contributed by atoms with van der Waals surface area (Å²) in [4.78, 5) is 22.4. The molecule has 1 rings (SSSR count). The fourth-order valence-electron chi connectivity index (χ4n) is 1.43. The van der Waals surface area contributed by atoms with Crippen LogP contribution >= 0.6 is 12.4 Å². The van der Waals surface area contributed by atoms with Gasteiger partial charge < -0.3 is 20.1 Å². The van der Waals surface area contributed by atoms with E-state index in [-0.39, 0.29) is 30.9 Å². The summed E-state index contributed by atoms with van der Waals surface area (Å²) in [6, 6.07) is 0.0379. The third kappa shape index (κ3) is 7.14. The SMILES string of the molecule is CCOC(=O)CNC(=O)CC1COCCN1.Cl. The maximum Gasteiger partial charge on any atom is 0.325 e. The molecule has 2 N–H and O–H groups in total. The molecule has 7 heteroatoms. The summed E-state index contributed by atoms with van der Waals surface area (Å²) in [5, 5.41) is 5.67. The van der Waals surface area contributed by atoms with E-state index in [0.717, 1.165) is 6.54 Å². The molecule has 0 aromatic rings. The van der Waals surface area contributed by atoms with Gasteiger partial charge >= 0.3 is 5.97 Å². The number of hydrogen-bond acceptors (Lipinski definition) is 5. The Morgan fingerprint density at radius 2 is 2.29 bits per heavy atom. The number of ether oxygens (including phenoxy) is 2. The Labute approximate surface area is 107 Å². The number of halogens is 1. The summed E-state index contributed by atoms with van der Waals surface area (Å²) in [5.74, 6) is -0.584. The predicted molar refractivity (Wildman–Crippen MR) is 64.1 cm³/mol. The van der Waals surface area contributed by atoms with Crippen molar-refractivity contribution in [3.63, 3.8) is 0 Å². The monoisotopic (exact) mass is 266 g/mol. The van der Waals surface area contributed by atoms with Gasteiger partial charge in [-0.2, -0.15) is 0 Å². The summed E-state index contributed by atoms with van der Waals surface area (Å²) in [6.45, 7) is 3.96. The number of amides is 1. The van der Waals surface area contributed by atoms with Crippen molar-refractivity contribution in [3.05, 3.63) is 0 Å². The van der Waals surface area contributed by atoms with Crippen molar-refractivity contribution >= 4 is 24.3 Å². The molecule has 1 aliphatic rings. The van der Waals surface area contributed by atoms with Crippen molar-refractivity contribution in [1.29, 1.82) is 0 Å². The molecule has 0 saturated carbocycles. The molecule has 0 aliphatic carbocycles. The minimum Gasteiger partial charge on any atom is -0.465 e. The molecule has 0 radical (unpaired) electrons. The molecule has 0 aromatic carbocycles. The van der Waals surface area contributed by atoms with Gasteiger partial charge in [-0.05, 0) is 6.92 Å². The van der Waals surface area contributed by atoms with Crippen LogP contribution in [0, 0.1) is 0 Å². The molecule has 0 aromatic heterocycles. The molecule has 1 aliphatic heterocycles. The van der Waals surface area contributed by atoms with E-state index in [4.69, 9.17) is 4.74 Å². The van der Waals surface area contributed by atoms with Gasteiger partial charge in [0.1, 0.15) is 6.54 Å².